The van der Waals surface area contributed by atoms with Crippen LogP contribution >= 0.6 is 35.0 Å². The van der Waals surface area contributed by atoms with Crippen molar-refractivity contribution < 1.29 is 4.74 Å². The minimum absolute atomic E-state index is 0.416. The van der Waals surface area contributed by atoms with E-state index in [0.29, 0.717) is 16.7 Å². The fraction of sp³-hybridized carbons (Fsp3) is 0.188. The second-order valence-corrected chi connectivity index (χ2v) is 6.51. The molecule has 1 aliphatic rings. The lowest BCUT2D eigenvalue weighted by molar-refractivity contribution is 0.306. The van der Waals surface area contributed by atoms with Gasteiger partial charge < -0.3 is 4.74 Å². The molecule has 0 fully saturated rings. The molecule has 2 nitrogen and oxygen atoms in total. The molecule has 0 radical (unpaired) electrons. The minimum Gasteiger partial charge on any atom is -0.489 e. The summed E-state index contributed by atoms with van der Waals surface area (Å²) >= 11 is 13.8. The van der Waals surface area contributed by atoms with Crippen molar-refractivity contribution in [1.82, 2.24) is 0 Å². The van der Waals surface area contributed by atoms with Crippen molar-refractivity contribution in [3.05, 3.63) is 63.6 Å². The predicted octanol–water partition coefficient (Wildman–Crippen LogP) is 5.07. The highest BCUT2D eigenvalue weighted by atomic mass is 35.5. The summed E-state index contributed by atoms with van der Waals surface area (Å²) < 4.78 is 5.82. The molecule has 0 N–H and O–H groups in total. The molecule has 0 saturated carbocycles. The Morgan fingerprint density at radius 3 is 2.81 bits per heavy atom. The van der Waals surface area contributed by atoms with Gasteiger partial charge in [-0.05, 0) is 24.3 Å². The van der Waals surface area contributed by atoms with E-state index in [4.69, 9.17) is 27.9 Å². The van der Waals surface area contributed by atoms with Crippen LogP contribution in [0.15, 0.2) is 47.5 Å². The Kier molecular flexibility index (Phi) is 4.73. The first-order chi connectivity index (χ1) is 10.2. The molecule has 5 heteroatoms. The number of benzene rings is 2. The highest BCUT2D eigenvalue weighted by Crippen LogP contribution is 2.25. The molecule has 0 aromatic heterocycles. The SMILES string of the molecule is Clc1ccc(COc2cccc(C3=NCCS3)c2)c(Cl)c1. The smallest absolute Gasteiger partial charge is 0.120 e. The van der Waals surface area contributed by atoms with Gasteiger partial charge in [-0.3, -0.25) is 4.99 Å². The number of halogens is 2. The van der Waals surface area contributed by atoms with Crippen LogP contribution in [0.2, 0.25) is 10.0 Å². The molecule has 1 aliphatic heterocycles. The highest BCUT2D eigenvalue weighted by molar-refractivity contribution is 8.14. The predicted molar refractivity (Wildman–Crippen MR) is 91.1 cm³/mol. The van der Waals surface area contributed by atoms with Crippen LogP contribution in [-0.4, -0.2) is 17.3 Å². The zero-order valence-corrected chi connectivity index (χ0v) is 13.5. The lowest BCUT2D eigenvalue weighted by Gasteiger charge is -2.09. The van der Waals surface area contributed by atoms with E-state index >= 15 is 0 Å². The van der Waals surface area contributed by atoms with E-state index in [2.05, 4.69) is 11.1 Å². The summed E-state index contributed by atoms with van der Waals surface area (Å²) in [6, 6.07) is 13.4. The van der Waals surface area contributed by atoms with Crippen LogP contribution in [0.3, 0.4) is 0 Å². The van der Waals surface area contributed by atoms with Crippen LogP contribution in [0.4, 0.5) is 0 Å². The number of rotatable bonds is 4. The summed E-state index contributed by atoms with van der Waals surface area (Å²) in [6.07, 6.45) is 0. The zero-order valence-electron chi connectivity index (χ0n) is 11.2. The minimum atomic E-state index is 0.416. The Morgan fingerprint density at radius 2 is 2.05 bits per heavy atom. The van der Waals surface area contributed by atoms with Gasteiger partial charge in [0.25, 0.3) is 0 Å². The third-order valence-electron chi connectivity index (χ3n) is 3.08. The van der Waals surface area contributed by atoms with Crippen LogP contribution in [-0.2, 0) is 6.61 Å². The van der Waals surface area contributed by atoms with Gasteiger partial charge >= 0.3 is 0 Å². The molecule has 0 aliphatic carbocycles. The molecule has 0 bridgehead atoms. The molecule has 108 valence electrons. The molecule has 2 aromatic carbocycles. The molecule has 2 aromatic rings. The van der Waals surface area contributed by atoms with Crippen molar-refractivity contribution in [3.63, 3.8) is 0 Å². The summed E-state index contributed by atoms with van der Waals surface area (Å²) in [4.78, 5) is 4.48. The molecule has 0 amide bonds. The molecule has 3 rings (SSSR count). The Labute approximate surface area is 138 Å². The van der Waals surface area contributed by atoms with Gasteiger partial charge in [-0.15, -0.1) is 11.8 Å². The monoisotopic (exact) mass is 337 g/mol. The number of hydrogen-bond donors (Lipinski definition) is 0. The van der Waals surface area contributed by atoms with Crippen LogP contribution in [0.1, 0.15) is 11.1 Å². The Hall–Kier alpha value is -1.16. The van der Waals surface area contributed by atoms with Crippen molar-refractivity contribution in [2.75, 3.05) is 12.3 Å². The number of ether oxygens (including phenoxy) is 1. The van der Waals surface area contributed by atoms with Crippen LogP contribution in [0, 0.1) is 0 Å². The Morgan fingerprint density at radius 1 is 1.14 bits per heavy atom. The van der Waals surface area contributed by atoms with Crippen molar-refractivity contribution >= 4 is 40.0 Å². The highest BCUT2D eigenvalue weighted by Gasteiger charge is 2.10. The first-order valence-electron chi connectivity index (χ1n) is 6.57. The molecular formula is C16H13Cl2NOS. The third-order valence-corrected chi connectivity index (χ3v) is 4.69. The first-order valence-corrected chi connectivity index (χ1v) is 8.31. The number of thioether (sulfide) groups is 1. The maximum Gasteiger partial charge on any atom is 0.120 e. The lowest BCUT2D eigenvalue weighted by atomic mass is 10.2. The molecular weight excluding hydrogens is 325 g/mol. The van der Waals surface area contributed by atoms with E-state index in [1.54, 1.807) is 17.8 Å². The van der Waals surface area contributed by atoms with Gasteiger partial charge in [-0.2, -0.15) is 0 Å². The van der Waals surface area contributed by atoms with Gasteiger partial charge in [0, 0.05) is 33.5 Å². The molecule has 0 atom stereocenters. The summed E-state index contributed by atoms with van der Waals surface area (Å²) in [5, 5.41) is 2.33. The van der Waals surface area contributed by atoms with Crippen LogP contribution < -0.4 is 4.74 Å². The topological polar surface area (TPSA) is 21.6 Å². The second-order valence-electron chi connectivity index (χ2n) is 4.59. The average molecular weight is 338 g/mol. The third kappa shape index (κ3) is 3.73. The second kappa shape index (κ2) is 6.73. The molecule has 0 spiro atoms. The van der Waals surface area contributed by atoms with E-state index in [1.165, 1.54) is 0 Å². The fourth-order valence-electron chi connectivity index (χ4n) is 2.03. The maximum absolute atomic E-state index is 6.14. The van der Waals surface area contributed by atoms with E-state index in [1.807, 2.05) is 30.3 Å². The van der Waals surface area contributed by atoms with Gasteiger partial charge in [0.1, 0.15) is 12.4 Å². The van der Waals surface area contributed by atoms with Gasteiger partial charge in [0.2, 0.25) is 0 Å². The van der Waals surface area contributed by atoms with E-state index < -0.39 is 0 Å². The Bertz CT molecular complexity index is 688. The van der Waals surface area contributed by atoms with E-state index in [-0.39, 0.29) is 0 Å². The van der Waals surface area contributed by atoms with E-state index in [0.717, 1.165) is 34.2 Å². The number of hydrogen-bond acceptors (Lipinski definition) is 3. The average Bonchev–Trinajstić information content (AvgIpc) is 3.01. The van der Waals surface area contributed by atoms with Crippen LogP contribution in [0.5, 0.6) is 5.75 Å². The van der Waals surface area contributed by atoms with Gasteiger partial charge in [0.05, 0.1) is 5.04 Å². The number of aliphatic imine (C=N–C) groups is 1. The van der Waals surface area contributed by atoms with Crippen molar-refractivity contribution in [2.45, 2.75) is 6.61 Å². The van der Waals surface area contributed by atoms with Gasteiger partial charge in [0.15, 0.2) is 0 Å². The largest absolute Gasteiger partial charge is 0.489 e. The molecule has 0 saturated heterocycles. The normalized spacial score (nSPS) is 14.1. The maximum atomic E-state index is 6.14. The first kappa shape index (κ1) is 14.8. The Balaban J connectivity index is 1.71. The van der Waals surface area contributed by atoms with Crippen molar-refractivity contribution in [3.8, 4) is 5.75 Å². The molecule has 0 unspecified atom stereocenters. The van der Waals surface area contributed by atoms with Crippen molar-refractivity contribution in [1.29, 1.82) is 0 Å². The molecule has 21 heavy (non-hydrogen) atoms. The van der Waals surface area contributed by atoms with Crippen LogP contribution in [0.25, 0.3) is 0 Å². The van der Waals surface area contributed by atoms with Crippen molar-refractivity contribution in [2.24, 2.45) is 4.99 Å². The summed E-state index contributed by atoms with van der Waals surface area (Å²) in [5.74, 6) is 1.87. The summed E-state index contributed by atoms with van der Waals surface area (Å²) in [7, 11) is 0. The molecule has 1 heterocycles. The number of nitrogens with zero attached hydrogens (tertiary/aromatic N) is 1. The quantitative estimate of drug-likeness (QED) is 0.777. The lowest BCUT2D eigenvalue weighted by Crippen LogP contribution is -1.98. The summed E-state index contributed by atoms with van der Waals surface area (Å²) in [6.45, 7) is 1.31. The zero-order chi connectivity index (χ0) is 14.7. The fourth-order valence-corrected chi connectivity index (χ4v) is 3.34. The van der Waals surface area contributed by atoms with E-state index in [9.17, 15) is 0 Å². The van der Waals surface area contributed by atoms with Gasteiger partial charge in [-0.25, -0.2) is 0 Å². The standard InChI is InChI=1S/C16H13Cl2NOS/c17-13-5-4-12(15(18)9-13)10-20-14-3-1-2-11(8-14)16-19-6-7-21-16/h1-5,8-9H,6-7,10H2. The summed E-state index contributed by atoms with van der Waals surface area (Å²) in [5.41, 5.74) is 2.02. The van der Waals surface area contributed by atoms with Gasteiger partial charge in [-0.1, -0.05) is 41.4 Å².